The number of anilines is 1. The number of amides is 1. The van der Waals surface area contributed by atoms with Crippen LogP contribution in [0.5, 0.6) is 0 Å². The number of rotatable bonds is 6. The second kappa shape index (κ2) is 6.63. The van der Waals surface area contributed by atoms with Crippen molar-refractivity contribution in [2.24, 2.45) is 0 Å². The van der Waals surface area contributed by atoms with Gasteiger partial charge in [-0.15, -0.1) is 0 Å². The molecule has 1 amide bonds. The summed E-state index contributed by atoms with van der Waals surface area (Å²) >= 11 is 0. The van der Waals surface area contributed by atoms with Gasteiger partial charge in [-0.1, -0.05) is 12.1 Å². The Kier molecular flexibility index (Phi) is 4.62. The number of ether oxygens (including phenoxy) is 1. The maximum atomic E-state index is 11.4. The lowest BCUT2D eigenvalue weighted by Crippen LogP contribution is -2.17. The third-order valence-electron chi connectivity index (χ3n) is 2.62. The first-order valence-corrected chi connectivity index (χ1v) is 6.06. The van der Waals surface area contributed by atoms with Crippen LogP contribution in [0.3, 0.4) is 0 Å². The number of nitrogens with zero attached hydrogens (tertiary/aromatic N) is 2. The average molecular weight is 273 g/mol. The van der Waals surface area contributed by atoms with Gasteiger partial charge in [0.15, 0.2) is 6.29 Å². The van der Waals surface area contributed by atoms with Crippen molar-refractivity contribution in [2.45, 2.75) is 6.54 Å². The van der Waals surface area contributed by atoms with E-state index in [1.807, 2.05) is 18.2 Å². The summed E-state index contributed by atoms with van der Waals surface area (Å²) in [5.41, 5.74) is 2.21. The lowest BCUT2D eigenvalue weighted by molar-refractivity contribution is -0.119. The summed E-state index contributed by atoms with van der Waals surface area (Å²) < 4.78 is 6.42. The SMILES string of the molecule is COCC(=O)Nc1cccc(Cn2cc(C=O)cn2)c1. The molecule has 0 bridgehead atoms. The number of nitrogens with one attached hydrogen (secondary N) is 1. The van der Waals surface area contributed by atoms with Crippen LogP contribution in [0.15, 0.2) is 36.7 Å². The van der Waals surface area contributed by atoms with E-state index in [-0.39, 0.29) is 12.5 Å². The van der Waals surface area contributed by atoms with Crippen LogP contribution in [0.2, 0.25) is 0 Å². The van der Waals surface area contributed by atoms with E-state index in [1.54, 1.807) is 16.9 Å². The molecule has 0 saturated carbocycles. The average Bonchev–Trinajstić information content (AvgIpc) is 2.87. The summed E-state index contributed by atoms with van der Waals surface area (Å²) in [7, 11) is 1.47. The highest BCUT2D eigenvalue weighted by Crippen LogP contribution is 2.12. The molecule has 6 nitrogen and oxygen atoms in total. The van der Waals surface area contributed by atoms with Crippen LogP contribution in [0.25, 0.3) is 0 Å². The Morgan fingerprint density at radius 1 is 1.50 bits per heavy atom. The van der Waals surface area contributed by atoms with Gasteiger partial charge in [-0.2, -0.15) is 5.10 Å². The Labute approximate surface area is 116 Å². The van der Waals surface area contributed by atoms with Crippen LogP contribution in [0, 0.1) is 0 Å². The minimum absolute atomic E-state index is 0.0199. The van der Waals surface area contributed by atoms with Crippen molar-refractivity contribution in [1.29, 1.82) is 0 Å². The first-order chi connectivity index (χ1) is 9.71. The Hall–Kier alpha value is -2.47. The highest BCUT2D eigenvalue weighted by molar-refractivity contribution is 5.91. The quantitative estimate of drug-likeness (QED) is 0.806. The fourth-order valence-electron chi connectivity index (χ4n) is 1.79. The largest absolute Gasteiger partial charge is 0.375 e. The maximum absolute atomic E-state index is 11.4. The maximum Gasteiger partial charge on any atom is 0.250 e. The fraction of sp³-hybridized carbons (Fsp3) is 0.214. The minimum Gasteiger partial charge on any atom is -0.375 e. The van der Waals surface area contributed by atoms with Crippen LogP contribution < -0.4 is 5.32 Å². The highest BCUT2D eigenvalue weighted by atomic mass is 16.5. The Balaban J connectivity index is 2.05. The molecule has 0 saturated heterocycles. The van der Waals surface area contributed by atoms with Crippen LogP contribution in [0.1, 0.15) is 15.9 Å². The molecule has 1 aromatic heterocycles. The molecule has 0 aliphatic heterocycles. The van der Waals surface area contributed by atoms with E-state index >= 15 is 0 Å². The number of carbonyl (C=O) groups is 2. The molecule has 1 heterocycles. The predicted octanol–water partition coefficient (Wildman–Crippen LogP) is 1.33. The lowest BCUT2D eigenvalue weighted by Gasteiger charge is -2.07. The standard InChI is InChI=1S/C14H15N3O3/c1-20-10-14(19)16-13-4-2-3-11(5-13)7-17-8-12(9-18)6-15-17/h2-6,8-9H,7,10H2,1H3,(H,16,19). The molecule has 6 heteroatoms. The van der Waals surface area contributed by atoms with Gasteiger partial charge in [-0.25, -0.2) is 0 Å². The number of hydrogen-bond donors (Lipinski definition) is 1. The van der Waals surface area contributed by atoms with Gasteiger partial charge in [0, 0.05) is 19.0 Å². The van der Waals surface area contributed by atoms with E-state index in [0.717, 1.165) is 11.8 Å². The van der Waals surface area contributed by atoms with Gasteiger partial charge >= 0.3 is 0 Å². The van der Waals surface area contributed by atoms with Gasteiger partial charge in [0.1, 0.15) is 6.61 Å². The van der Waals surface area contributed by atoms with Gasteiger partial charge in [0.25, 0.3) is 0 Å². The van der Waals surface area contributed by atoms with E-state index in [9.17, 15) is 9.59 Å². The van der Waals surface area contributed by atoms with Crippen molar-refractivity contribution >= 4 is 17.9 Å². The van der Waals surface area contributed by atoms with Crippen molar-refractivity contribution in [3.05, 3.63) is 47.8 Å². The molecule has 0 radical (unpaired) electrons. The van der Waals surface area contributed by atoms with E-state index in [2.05, 4.69) is 10.4 Å². The van der Waals surface area contributed by atoms with Gasteiger partial charge in [-0.3, -0.25) is 14.3 Å². The first-order valence-electron chi connectivity index (χ1n) is 6.06. The van der Waals surface area contributed by atoms with Crippen LogP contribution >= 0.6 is 0 Å². The second-order valence-corrected chi connectivity index (χ2v) is 4.27. The number of aldehydes is 1. The third kappa shape index (κ3) is 3.76. The first kappa shape index (κ1) is 14.0. The van der Waals surface area contributed by atoms with Gasteiger partial charge < -0.3 is 10.1 Å². The summed E-state index contributed by atoms with van der Waals surface area (Å²) in [6.45, 7) is 0.550. The van der Waals surface area contributed by atoms with Gasteiger partial charge in [0.05, 0.1) is 18.3 Å². The van der Waals surface area contributed by atoms with E-state index in [1.165, 1.54) is 13.3 Å². The van der Waals surface area contributed by atoms with E-state index in [4.69, 9.17) is 4.74 Å². The molecule has 0 aliphatic carbocycles. The molecule has 2 aromatic rings. The van der Waals surface area contributed by atoms with Crippen molar-refractivity contribution in [1.82, 2.24) is 9.78 Å². The third-order valence-corrected chi connectivity index (χ3v) is 2.62. The van der Waals surface area contributed by atoms with Crippen molar-refractivity contribution in [2.75, 3.05) is 19.0 Å². The summed E-state index contributed by atoms with van der Waals surface area (Å²) in [6, 6.07) is 7.43. The zero-order valence-corrected chi connectivity index (χ0v) is 11.1. The molecule has 0 unspecified atom stereocenters. The molecular formula is C14H15N3O3. The number of benzene rings is 1. The van der Waals surface area contributed by atoms with Crippen LogP contribution in [0.4, 0.5) is 5.69 Å². The molecule has 0 fully saturated rings. The highest BCUT2D eigenvalue weighted by Gasteiger charge is 2.03. The molecular weight excluding hydrogens is 258 g/mol. The molecule has 20 heavy (non-hydrogen) atoms. The monoisotopic (exact) mass is 273 g/mol. The Morgan fingerprint density at radius 3 is 3.05 bits per heavy atom. The zero-order valence-electron chi connectivity index (χ0n) is 11.1. The lowest BCUT2D eigenvalue weighted by atomic mass is 10.2. The molecule has 2 rings (SSSR count). The second-order valence-electron chi connectivity index (χ2n) is 4.27. The van der Waals surface area contributed by atoms with E-state index in [0.29, 0.717) is 17.8 Å². The molecule has 1 aromatic carbocycles. The summed E-state index contributed by atoms with van der Waals surface area (Å²) in [5.74, 6) is -0.202. The van der Waals surface area contributed by atoms with Crippen molar-refractivity contribution in [3.8, 4) is 0 Å². The predicted molar refractivity (Wildman–Crippen MR) is 73.7 cm³/mol. The zero-order chi connectivity index (χ0) is 14.4. The topological polar surface area (TPSA) is 73.2 Å². The van der Waals surface area contributed by atoms with Gasteiger partial charge in [0.2, 0.25) is 5.91 Å². The molecule has 0 spiro atoms. The number of carbonyl (C=O) groups excluding carboxylic acids is 2. The summed E-state index contributed by atoms with van der Waals surface area (Å²) in [4.78, 5) is 22.0. The molecule has 0 aliphatic rings. The smallest absolute Gasteiger partial charge is 0.250 e. The molecule has 1 N–H and O–H groups in total. The molecule has 104 valence electrons. The number of hydrogen-bond acceptors (Lipinski definition) is 4. The van der Waals surface area contributed by atoms with E-state index < -0.39 is 0 Å². The normalized spacial score (nSPS) is 10.2. The summed E-state index contributed by atoms with van der Waals surface area (Å²) in [6.07, 6.45) is 3.94. The van der Waals surface area contributed by atoms with Gasteiger partial charge in [-0.05, 0) is 17.7 Å². The summed E-state index contributed by atoms with van der Waals surface area (Å²) in [5, 5.41) is 6.82. The van der Waals surface area contributed by atoms with Crippen LogP contribution in [-0.2, 0) is 16.1 Å². The Morgan fingerprint density at radius 2 is 2.35 bits per heavy atom. The number of methoxy groups -OCH3 is 1. The Bertz CT molecular complexity index is 607. The fourth-order valence-corrected chi connectivity index (χ4v) is 1.79. The minimum atomic E-state index is -0.202. The van der Waals surface area contributed by atoms with Crippen molar-refractivity contribution in [3.63, 3.8) is 0 Å². The van der Waals surface area contributed by atoms with Crippen LogP contribution in [-0.4, -0.2) is 35.7 Å². The molecule has 0 atom stereocenters. The number of aromatic nitrogens is 2. The van der Waals surface area contributed by atoms with Crippen molar-refractivity contribution < 1.29 is 14.3 Å².